The lowest BCUT2D eigenvalue weighted by Gasteiger charge is -2.34. The van der Waals surface area contributed by atoms with E-state index >= 15 is 0 Å². The number of amides is 1. The number of hydrogen-bond acceptors (Lipinski definition) is 4. The van der Waals surface area contributed by atoms with Gasteiger partial charge < -0.3 is 14.2 Å². The number of para-hydroxylation sites is 2. The Hall–Kier alpha value is -1.92. The van der Waals surface area contributed by atoms with E-state index in [-0.39, 0.29) is 5.91 Å². The summed E-state index contributed by atoms with van der Waals surface area (Å²) in [4.78, 5) is 22.0. The number of aromatic nitrogens is 2. The molecule has 1 saturated carbocycles. The molecule has 134 valence electrons. The quantitative estimate of drug-likeness (QED) is 0.802. The molecular formula is C19H26N4O2. The normalized spacial score (nSPS) is 18.8. The lowest BCUT2D eigenvalue weighted by atomic mass is 10.3. The van der Waals surface area contributed by atoms with E-state index in [0.717, 1.165) is 56.2 Å². The Morgan fingerprint density at radius 1 is 1.20 bits per heavy atom. The van der Waals surface area contributed by atoms with Gasteiger partial charge in [0.2, 0.25) is 5.91 Å². The average molecular weight is 342 g/mol. The van der Waals surface area contributed by atoms with Gasteiger partial charge in [-0.2, -0.15) is 0 Å². The summed E-state index contributed by atoms with van der Waals surface area (Å²) in [5.74, 6) is 1.83. The molecule has 0 spiro atoms. The van der Waals surface area contributed by atoms with Crippen LogP contribution in [-0.4, -0.2) is 71.7 Å². The van der Waals surface area contributed by atoms with Crippen LogP contribution in [0.1, 0.15) is 24.6 Å². The fourth-order valence-corrected chi connectivity index (χ4v) is 3.59. The Morgan fingerprint density at radius 3 is 2.68 bits per heavy atom. The van der Waals surface area contributed by atoms with Crippen LogP contribution in [0.2, 0.25) is 0 Å². The predicted molar refractivity (Wildman–Crippen MR) is 96.6 cm³/mol. The highest BCUT2D eigenvalue weighted by molar-refractivity contribution is 5.81. The summed E-state index contributed by atoms with van der Waals surface area (Å²) >= 11 is 0. The number of fused-ring (bicyclic) bond motifs is 1. The minimum Gasteiger partial charge on any atom is -0.383 e. The SMILES string of the molecule is COCCN1CCN(C(=O)Cn2c(C3CC3)nc3ccccc32)CC1. The molecule has 2 aliphatic rings. The first kappa shape index (κ1) is 16.5. The summed E-state index contributed by atoms with van der Waals surface area (Å²) in [6.07, 6.45) is 2.38. The van der Waals surface area contributed by atoms with Crippen molar-refractivity contribution in [3.8, 4) is 0 Å². The maximum absolute atomic E-state index is 12.9. The number of rotatable bonds is 6. The Kier molecular flexibility index (Phi) is 4.72. The zero-order valence-electron chi connectivity index (χ0n) is 14.9. The molecule has 1 saturated heterocycles. The Balaban J connectivity index is 1.45. The zero-order valence-corrected chi connectivity index (χ0v) is 14.9. The number of methoxy groups -OCH3 is 1. The van der Waals surface area contributed by atoms with E-state index in [2.05, 4.69) is 15.5 Å². The van der Waals surface area contributed by atoms with Gasteiger partial charge in [0, 0.05) is 45.8 Å². The molecule has 0 unspecified atom stereocenters. The maximum atomic E-state index is 12.9. The van der Waals surface area contributed by atoms with Gasteiger partial charge in [0.05, 0.1) is 17.6 Å². The van der Waals surface area contributed by atoms with Crippen molar-refractivity contribution in [3.05, 3.63) is 30.1 Å². The third-order valence-corrected chi connectivity index (χ3v) is 5.26. The van der Waals surface area contributed by atoms with Crippen molar-refractivity contribution < 1.29 is 9.53 Å². The lowest BCUT2D eigenvalue weighted by molar-refractivity contribution is -0.133. The van der Waals surface area contributed by atoms with Crippen LogP contribution in [0.5, 0.6) is 0 Å². The zero-order chi connectivity index (χ0) is 17.2. The molecule has 1 amide bonds. The molecule has 4 rings (SSSR count). The number of ether oxygens (including phenoxy) is 1. The molecule has 2 heterocycles. The molecule has 6 heteroatoms. The summed E-state index contributed by atoms with van der Waals surface area (Å²) in [5.41, 5.74) is 2.08. The predicted octanol–water partition coefficient (Wildman–Crippen LogP) is 1.70. The van der Waals surface area contributed by atoms with E-state index in [0.29, 0.717) is 12.5 Å². The molecule has 2 fully saturated rings. The van der Waals surface area contributed by atoms with Gasteiger partial charge in [-0.3, -0.25) is 9.69 Å². The minimum absolute atomic E-state index is 0.205. The van der Waals surface area contributed by atoms with Crippen molar-refractivity contribution in [2.45, 2.75) is 25.3 Å². The molecule has 25 heavy (non-hydrogen) atoms. The first-order chi connectivity index (χ1) is 12.3. The van der Waals surface area contributed by atoms with E-state index in [1.807, 2.05) is 23.1 Å². The summed E-state index contributed by atoms with van der Waals surface area (Å²) in [6.45, 7) is 5.55. The number of carbonyl (C=O) groups is 1. The van der Waals surface area contributed by atoms with Crippen LogP contribution in [0.3, 0.4) is 0 Å². The molecule has 6 nitrogen and oxygen atoms in total. The minimum atomic E-state index is 0.205. The first-order valence-corrected chi connectivity index (χ1v) is 9.20. The van der Waals surface area contributed by atoms with E-state index in [9.17, 15) is 4.79 Å². The number of carbonyl (C=O) groups excluding carboxylic acids is 1. The van der Waals surface area contributed by atoms with Crippen LogP contribution in [0, 0.1) is 0 Å². The monoisotopic (exact) mass is 342 g/mol. The standard InChI is InChI=1S/C19H26N4O2/c1-25-13-12-21-8-10-22(11-9-21)18(24)14-23-17-5-3-2-4-16(17)20-19(23)15-6-7-15/h2-5,15H,6-14H2,1H3. The third kappa shape index (κ3) is 3.55. The molecule has 1 aliphatic heterocycles. The second kappa shape index (κ2) is 7.14. The maximum Gasteiger partial charge on any atom is 0.242 e. The second-order valence-corrected chi connectivity index (χ2v) is 7.03. The van der Waals surface area contributed by atoms with Gasteiger partial charge in [-0.1, -0.05) is 12.1 Å². The van der Waals surface area contributed by atoms with Crippen molar-refractivity contribution in [2.75, 3.05) is 46.4 Å². The molecular weight excluding hydrogens is 316 g/mol. The summed E-state index contributed by atoms with van der Waals surface area (Å²) in [7, 11) is 1.73. The van der Waals surface area contributed by atoms with Crippen LogP contribution < -0.4 is 0 Å². The summed E-state index contributed by atoms with van der Waals surface area (Å²) < 4.78 is 7.28. The van der Waals surface area contributed by atoms with Crippen LogP contribution in [0.15, 0.2) is 24.3 Å². The van der Waals surface area contributed by atoms with Crippen molar-refractivity contribution in [2.24, 2.45) is 0 Å². The average Bonchev–Trinajstić information content (AvgIpc) is 3.43. The number of piperazine rings is 1. The first-order valence-electron chi connectivity index (χ1n) is 9.20. The third-order valence-electron chi connectivity index (χ3n) is 5.26. The van der Waals surface area contributed by atoms with Crippen molar-refractivity contribution in [1.29, 1.82) is 0 Å². The van der Waals surface area contributed by atoms with Gasteiger partial charge in [-0.25, -0.2) is 4.98 Å². The van der Waals surface area contributed by atoms with Crippen LogP contribution in [0.25, 0.3) is 11.0 Å². The molecule has 1 aromatic carbocycles. The molecule has 1 aromatic heterocycles. The number of hydrogen-bond donors (Lipinski definition) is 0. The number of benzene rings is 1. The Labute approximate surface area is 148 Å². The highest BCUT2D eigenvalue weighted by Crippen LogP contribution is 2.40. The van der Waals surface area contributed by atoms with Gasteiger partial charge in [0.15, 0.2) is 0 Å². The van der Waals surface area contributed by atoms with Crippen molar-refractivity contribution in [3.63, 3.8) is 0 Å². The van der Waals surface area contributed by atoms with Gasteiger partial charge >= 0.3 is 0 Å². The fourth-order valence-electron chi connectivity index (χ4n) is 3.59. The van der Waals surface area contributed by atoms with Gasteiger partial charge in [-0.15, -0.1) is 0 Å². The summed E-state index contributed by atoms with van der Waals surface area (Å²) in [6, 6.07) is 8.15. The molecule has 0 bridgehead atoms. The highest BCUT2D eigenvalue weighted by atomic mass is 16.5. The van der Waals surface area contributed by atoms with Gasteiger partial charge in [-0.05, 0) is 25.0 Å². The molecule has 0 atom stereocenters. The van der Waals surface area contributed by atoms with Gasteiger partial charge in [0.1, 0.15) is 12.4 Å². The topological polar surface area (TPSA) is 50.6 Å². The fraction of sp³-hybridized carbons (Fsp3) is 0.579. The van der Waals surface area contributed by atoms with Crippen LogP contribution >= 0.6 is 0 Å². The van der Waals surface area contributed by atoms with Gasteiger partial charge in [0.25, 0.3) is 0 Å². The van der Waals surface area contributed by atoms with E-state index in [4.69, 9.17) is 9.72 Å². The Morgan fingerprint density at radius 2 is 1.96 bits per heavy atom. The van der Waals surface area contributed by atoms with E-state index < -0.39 is 0 Å². The molecule has 0 radical (unpaired) electrons. The number of nitrogens with zero attached hydrogens (tertiary/aromatic N) is 4. The van der Waals surface area contributed by atoms with Crippen molar-refractivity contribution >= 4 is 16.9 Å². The van der Waals surface area contributed by atoms with E-state index in [1.54, 1.807) is 7.11 Å². The summed E-state index contributed by atoms with van der Waals surface area (Å²) in [5, 5.41) is 0. The van der Waals surface area contributed by atoms with E-state index in [1.165, 1.54) is 12.8 Å². The molecule has 2 aromatic rings. The largest absolute Gasteiger partial charge is 0.383 e. The lowest BCUT2D eigenvalue weighted by Crippen LogP contribution is -2.50. The van der Waals surface area contributed by atoms with Crippen molar-refractivity contribution in [1.82, 2.24) is 19.4 Å². The van der Waals surface area contributed by atoms with Crippen LogP contribution in [0.4, 0.5) is 0 Å². The highest BCUT2D eigenvalue weighted by Gasteiger charge is 2.31. The molecule has 1 aliphatic carbocycles. The molecule has 0 N–H and O–H groups in total. The smallest absolute Gasteiger partial charge is 0.242 e. The van der Waals surface area contributed by atoms with Crippen LogP contribution in [-0.2, 0) is 16.1 Å². The Bertz CT molecular complexity index is 745. The second-order valence-electron chi connectivity index (χ2n) is 7.03. The number of imidazole rings is 1.